The number of ether oxygens (including phenoxy) is 2. The topological polar surface area (TPSA) is 50.8 Å². The number of piperidine rings is 1. The molecule has 1 fully saturated rings. The number of hydrogen-bond donors (Lipinski definition) is 1. The highest BCUT2D eigenvalue weighted by Crippen LogP contribution is 2.29. The number of halogens is 1. The van der Waals surface area contributed by atoms with Gasteiger partial charge in [-0.25, -0.2) is 0 Å². The van der Waals surface area contributed by atoms with Crippen molar-refractivity contribution in [2.24, 2.45) is 0 Å². The van der Waals surface area contributed by atoms with E-state index in [0.717, 1.165) is 43.0 Å². The summed E-state index contributed by atoms with van der Waals surface area (Å²) in [6, 6.07) is 15.3. The van der Waals surface area contributed by atoms with Gasteiger partial charge in [-0.3, -0.25) is 9.69 Å². The average Bonchev–Trinajstić information content (AvgIpc) is 2.71. The van der Waals surface area contributed by atoms with Gasteiger partial charge in [-0.05, 0) is 49.6 Å². The number of amides is 1. The third-order valence-corrected chi connectivity index (χ3v) is 5.00. The van der Waals surface area contributed by atoms with Crippen molar-refractivity contribution in [2.75, 3.05) is 26.2 Å². The Balaban J connectivity index is 1.40. The first-order valence-electron chi connectivity index (χ1n) is 9.76. The van der Waals surface area contributed by atoms with E-state index in [1.54, 1.807) is 0 Å². The molecule has 1 heterocycles. The molecule has 2 aromatic carbocycles. The van der Waals surface area contributed by atoms with Gasteiger partial charge < -0.3 is 14.8 Å². The minimum Gasteiger partial charge on any atom is -0.490 e. The molecule has 0 unspecified atom stereocenters. The van der Waals surface area contributed by atoms with Crippen LogP contribution in [-0.4, -0.2) is 43.2 Å². The van der Waals surface area contributed by atoms with E-state index in [0.29, 0.717) is 24.7 Å². The maximum atomic E-state index is 12.2. The van der Waals surface area contributed by atoms with Gasteiger partial charge in [0.2, 0.25) is 5.91 Å². The van der Waals surface area contributed by atoms with Crippen LogP contribution in [-0.2, 0) is 11.3 Å². The largest absolute Gasteiger partial charge is 0.490 e. The Morgan fingerprint density at radius 2 is 1.79 bits per heavy atom. The zero-order valence-corrected chi connectivity index (χ0v) is 17.0. The molecule has 1 aliphatic heterocycles. The molecule has 1 saturated heterocycles. The molecule has 2 aromatic rings. The van der Waals surface area contributed by atoms with Crippen LogP contribution in [0.5, 0.6) is 11.5 Å². The van der Waals surface area contributed by atoms with Crippen molar-refractivity contribution in [3.63, 3.8) is 0 Å². The number of para-hydroxylation sites is 2. The molecule has 0 atom stereocenters. The lowest BCUT2D eigenvalue weighted by Crippen LogP contribution is -2.43. The van der Waals surface area contributed by atoms with Crippen molar-refractivity contribution in [1.29, 1.82) is 0 Å². The lowest BCUT2D eigenvalue weighted by Gasteiger charge is -2.32. The van der Waals surface area contributed by atoms with Gasteiger partial charge in [-0.2, -0.15) is 0 Å². The highest BCUT2D eigenvalue weighted by Gasteiger charge is 2.22. The van der Waals surface area contributed by atoms with Crippen molar-refractivity contribution in [2.45, 2.75) is 32.4 Å². The van der Waals surface area contributed by atoms with Crippen LogP contribution >= 0.6 is 11.6 Å². The Morgan fingerprint density at radius 1 is 1.11 bits per heavy atom. The Morgan fingerprint density at radius 3 is 2.46 bits per heavy atom. The molecule has 0 spiro atoms. The number of benzene rings is 2. The van der Waals surface area contributed by atoms with E-state index in [4.69, 9.17) is 21.1 Å². The Hall–Kier alpha value is -2.24. The van der Waals surface area contributed by atoms with Crippen molar-refractivity contribution in [3.8, 4) is 11.5 Å². The van der Waals surface area contributed by atoms with Crippen LogP contribution < -0.4 is 14.8 Å². The summed E-state index contributed by atoms with van der Waals surface area (Å²) < 4.78 is 11.8. The second-order valence-corrected chi connectivity index (χ2v) is 7.31. The number of carbonyl (C=O) groups is 1. The molecule has 150 valence electrons. The van der Waals surface area contributed by atoms with Gasteiger partial charge in [-0.1, -0.05) is 35.9 Å². The highest BCUT2D eigenvalue weighted by molar-refractivity contribution is 6.30. The van der Waals surface area contributed by atoms with E-state index in [1.165, 1.54) is 0 Å². The normalized spacial score (nSPS) is 15.2. The molecule has 3 rings (SSSR count). The first kappa shape index (κ1) is 20.5. The van der Waals surface area contributed by atoms with E-state index in [-0.39, 0.29) is 12.0 Å². The van der Waals surface area contributed by atoms with E-state index in [9.17, 15) is 4.79 Å². The maximum Gasteiger partial charge on any atom is 0.234 e. The molecule has 1 N–H and O–H groups in total. The molecule has 1 aliphatic rings. The fourth-order valence-electron chi connectivity index (χ4n) is 3.25. The fourth-order valence-corrected chi connectivity index (χ4v) is 3.37. The molecule has 0 saturated carbocycles. The summed E-state index contributed by atoms with van der Waals surface area (Å²) in [4.78, 5) is 14.4. The Kier molecular flexibility index (Phi) is 7.57. The van der Waals surface area contributed by atoms with Gasteiger partial charge >= 0.3 is 0 Å². The predicted molar refractivity (Wildman–Crippen MR) is 111 cm³/mol. The van der Waals surface area contributed by atoms with Crippen LogP contribution in [0.2, 0.25) is 5.02 Å². The van der Waals surface area contributed by atoms with Crippen molar-refractivity contribution < 1.29 is 14.3 Å². The second kappa shape index (κ2) is 10.3. The molecule has 0 aromatic heterocycles. The van der Waals surface area contributed by atoms with Crippen LogP contribution in [0.1, 0.15) is 25.3 Å². The molecule has 0 aliphatic carbocycles. The van der Waals surface area contributed by atoms with E-state index in [1.807, 2.05) is 55.5 Å². The van der Waals surface area contributed by atoms with Gasteiger partial charge in [0.1, 0.15) is 6.10 Å². The zero-order chi connectivity index (χ0) is 19.8. The lowest BCUT2D eigenvalue weighted by molar-refractivity contribution is -0.122. The summed E-state index contributed by atoms with van der Waals surface area (Å²) in [6.07, 6.45) is 1.94. The summed E-state index contributed by atoms with van der Waals surface area (Å²) in [5.41, 5.74) is 1.04. The number of hydrogen-bond acceptors (Lipinski definition) is 4. The molecule has 5 nitrogen and oxygen atoms in total. The molecule has 6 heteroatoms. The van der Waals surface area contributed by atoms with Gasteiger partial charge in [0.05, 0.1) is 13.2 Å². The van der Waals surface area contributed by atoms with E-state index < -0.39 is 0 Å². The van der Waals surface area contributed by atoms with Crippen molar-refractivity contribution in [1.82, 2.24) is 10.2 Å². The minimum atomic E-state index is 0.0380. The summed E-state index contributed by atoms with van der Waals surface area (Å²) in [6.45, 7) is 5.20. The molecule has 0 radical (unpaired) electrons. The monoisotopic (exact) mass is 402 g/mol. The molecule has 1 amide bonds. The van der Waals surface area contributed by atoms with Crippen LogP contribution in [0.4, 0.5) is 0 Å². The Labute approximate surface area is 171 Å². The van der Waals surface area contributed by atoms with Crippen molar-refractivity contribution >= 4 is 17.5 Å². The predicted octanol–water partition coefficient (Wildman–Crippen LogP) is 3.90. The minimum absolute atomic E-state index is 0.0380. The smallest absolute Gasteiger partial charge is 0.234 e. The van der Waals surface area contributed by atoms with Gasteiger partial charge in [0.25, 0.3) is 0 Å². The first-order valence-corrected chi connectivity index (χ1v) is 10.1. The lowest BCUT2D eigenvalue weighted by atomic mass is 10.1. The molecule has 0 bridgehead atoms. The number of nitrogens with zero attached hydrogens (tertiary/aromatic N) is 1. The maximum absolute atomic E-state index is 12.2. The third-order valence-electron chi connectivity index (χ3n) is 4.75. The van der Waals surface area contributed by atoms with Gasteiger partial charge in [0.15, 0.2) is 11.5 Å². The second-order valence-electron chi connectivity index (χ2n) is 6.88. The quantitative estimate of drug-likeness (QED) is 0.727. The van der Waals surface area contributed by atoms with Crippen LogP contribution in [0.15, 0.2) is 48.5 Å². The molecular weight excluding hydrogens is 376 g/mol. The third kappa shape index (κ3) is 6.14. The average molecular weight is 403 g/mol. The zero-order valence-electron chi connectivity index (χ0n) is 16.2. The Bertz CT molecular complexity index is 759. The summed E-state index contributed by atoms with van der Waals surface area (Å²) in [5.74, 6) is 1.62. The highest BCUT2D eigenvalue weighted by atomic mass is 35.5. The summed E-state index contributed by atoms with van der Waals surface area (Å²) in [7, 11) is 0. The SMILES string of the molecule is CCOc1ccccc1OC1CCN(CC(=O)NCc2ccc(Cl)cc2)CC1. The van der Waals surface area contributed by atoms with Gasteiger partial charge in [-0.15, -0.1) is 0 Å². The molecule has 28 heavy (non-hydrogen) atoms. The number of likely N-dealkylation sites (tertiary alicyclic amines) is 1. The van der Waals surface area contributed by atoms with Gasteiger partial charge in [0, 0.05) is 24.7 Å². The summed E-state index contributed by atoms with van der Waals surface area (Å²) in [5, 5.41) is 3.66. The van der Waals surface area contributed by atoms with Crippen LogP contribution in [0.25, 0.3) is 0 Å². The standard InChI is InChI=1S/C22H27ClN2O3/c1-2-27-20-5-3-4-6-21(20)28-19-11-13-25(14-12-19)16-22(26)24-15-17-7-9-18(23)10-8-17/h3-10,19H,2,11-16H2,1H3,(H,24,26). The molecular formula is C22H27ClN2O3. The number of nitrogens with one attached hydrogen (secondary N) is 1. The van der Waals surface area contributed by atoms with Crippen LogP contribution in [0.3, 0.4) is 0 Å². The van der Waals surface area contributed by atoms with E-state index >= 15 is 0 Å². The number of carbonyl (C=O) groups excluding carboxylic acids is 1. The summed E-state index contributed by atoms with van der Waals surface area (Å²) >= 11 is 5.88. The van der Waals surface area contributed by atoms with E-state index in [2.05, 4.69) is 10.2 Å². The fraction of sp³-hybridized carbons (Fsp3) is 0.409. The van der Waals surface area contributed by atoms with Crippen molar-refractivity contribution in [3.05, 3.63) is 59.1 Å². The first-order chi connectivity index (χ1) is 13.6. The number of rotatable bonds is 8. The van der Waals surface area contributed by atoms with Crippen LogP contribution in [0, 0.1) is 0 Å².